The first kappa shape index (κ1) is 11.2. The van der Waals surface area contributed by atoms with Crippen LogP contribution in [0.4, 0.5) is 17.1 Å². The Balaban J connectivity index is 1.92. The maximum atomic E-state index is 9.09. The molecule has 0 aromatic heterocycles. The molecule has 0 aliphatic carbocycles. The summed E-state index contributed by atoms with van der Waals surface area (Å²) in [5.74, 6) is 1.42. The molecule has 19 heavy (non-hydrogen) atoms. The maximum absolute atomic E-state index is 9.09. The van der Waals surface area contributed by atoms with Crippen molar-refractivity contribution in [3.8, 4) is 17.6 Å². The Labute approximate surface area is 110 Å². The van der Waals surface area contributed by atoms with Gasteiger partial charge in [-0.1, -0.05) is 0 Å². The van der Waals surface area contributed by atoms with Gasteiger partial charge < -0.3 is 20.5 Å². The molecule has 0 unspecified atom stereocenters. The first-order valence-electron chi connectivity index (χ1n) is 5.72. The molecular weight excluding hydrogens is 242 g/mol. The zero-order valence-corrected chi connectivity index (χ0v) is 10.0. The van der Waals surface area contributed by atoms with E-state index in [-0.39, 0.29) is 6.79 Å². The van der Waals surface area contributed by atoms with Crippen LogP contribution in [0, 0.1) is 11.3 Å². The smallest absolute Gasteiger partial charge is 0.231 e. The fourth-order valence-corrected chi connectivity index (χ4v) is 1.89. The SMILES string of the molecule is N#Cc1cc(N)ccc1Nc1ccc2c(c1)OCO2. The summed E-state index contributed by atoms with van der Waals surface area (Å²) in [6.45, 7) is 0.240. The highest BCUT2D eigenvalue weighted by Crippen LogP contribution is 2.35. The zero-order chi connectivity index (χ0) is 13.2. The summed E-state index contributed by atoms with van der Waals surface area (Å²) in [4.78, 5) is 0. The molecular formula is C14H11N3O2. The van der Waals surface area contributed by atoms with Gasteiger partial charge in [-0.15, -0.1) is 0 Å². The molecule has 0 radical (unpaired) electrons. The summed E-state index contributed by atoms with van der Waals surface area (Å²) < 4.78 is 10.6. The van der Waals surface area contributed by atoms with Crippen molar-refractivity contribution in [3.63, 3.8) is 0 Å². The zero-order valence-electron chi connectivity index (χ0n) is 10.0. The van der Waals surface area contributed by atoms with Crippen molar-refractivity contribution in [1.29, 1.82) is 5.26 Å². The molecule has 0 saturated heterocycles. The fraction of sp³-hybridized carbons (Fsp3) is 0.0714. The van der Waals surface area contributed by atoms with Crippen molar-refractivity contribution in [2.24, 2.45) is 0 Å². The summed E-state index contributed by atoms with van der Waals surface area (Å²) in [6.07, 6.45) is 0. The number of nitrogen functional groups attached to an aromatic ring is 1. The number of nitrogens with one attached hydrogen (secondary N) is 1. The first-order chi connectivity index (χ1) is 9.26. The number of anilines is 3. The molecule has 0 atom stereocenters. The third-order valence-electron chi connectivity index (χ3n) is 2.82. The van der Waals surface area contributed by atoms with Gasteiger partial charge in [0.1, 0.15) is 6.07 Å². The molecule has 1 heterocycles. The van der Waals surface area contributed by atoms with Gasteiger partial charge in [0.25, 0.3) is 0 Å². The molecule has 1 aliphatic heterocycles. The molecule has 94 valence electrons. The van der Waals surface area contributed by atoms with Gasteiger partial charge in [0, 0.05) is 17.4 Å². The van der Waals surface area contributed by atoms with E-state index in [0.29, 0.717) is 22.7 Å². The average molecular weight is 253 g/mol. The van der Waals surface area contributed by atoms with Gasteiger partial charge in [-0.05, 0) is 30.3 Å². The minimum atomic E-state index is 0.240. The maximum Gasteiger partial charge on any atom is 0.231 e. The van der Waals surface area contributed by atoms with Gasteiger partial charge >= 0.3 is 0 Å². The van der Waals surface area contributed by atoms with Gasteiger partial charge in [0.2, 0.25) is 6.79 Å². The van der Waals surface area contributed by atoms with Crippen LogP contribution in [0.2, 0.25) is 0 Å². The van der Waals surface area contributed by atoms with E-state index in [0.717, 1.165) is 11.4 Å². The summed E-state index contributed by atoms with van der Waals surface area (Å²) in [5.41, 5.74) is 8.24. The Kier molecular flexibility index (Phi) is 2.62. The van der Waals surface area contributed by atoms with E-state index < -0.39 is 0 Å². The lowest BCUT2D eigenvalue weighted by atomic mass is 10.1. The second kappa shape index (κ2) is 4.42. The molecule has 0 fully saturated rings. The summed E-state index contributed by atoms with van der Waals surface area (Å²) in [5, 5.41) is 12.3. The number of rotatable bonds is 2. The minimum absolute atomic E-state index is 0.240. The molecule has 3 rings (SSSR count). The van der Waals surface area contributed by atoms with Crippen LogP contribution >= 0.6 is 0 Å². The van der Waals surface area contributed by atoms with Crippen LogP contribution in [0.1, 0.15) is 5.56 Å². The predicted molar refractivity (Wildman–Crippen MR) is 71.4 cm³/mol. The molecule has 1 aliphatic rings. The van der Waals surface area contributed by atoms with Crippen molar-refractivity contribution in [2.45, 2.75) is 0 Å². The van der Waals surface area contributed by atoms with Gasteiger partial charge in [-0.3, -0.25) is 0 Å². The lowest BCUT2D eigenvalue weighted by Gasteiger charge is -2.09. The Morgan fingerprint density at radius 3 is 2.79 bits per heavy atom. The number of benzene rings is 2. The summed E-state index contributed by atoms with van der Waals surface area (Å²) in [6, 6.07) is 12.8. The van der Waals surface area contributed by atoms with Gasteiger partial charge in [0.05, 0.1) is 11.3 Å². The van der Waals surface area contributed by atoms with Crippen molar-refractivity contribution in [1.82, 2.24) is 0 Å². The lowest BCUT2D eigenvalue weighted by molar-refractivity contribution is 0.174. The highest BCUT2D eigenvalue weighted by atomic mass is 16.7. The molecule has 0 saturated carbocycles. The molecule has 5 heteroatoms. The molecule has 0 bridgehead atoms. The number of ether oxygens (including phenoxy) is 2. The van der Waals surface area contributed by atoms with Crippen LogP contribution in [0.25, 0.3) is 0 Å². The normalized spacial score (nSPS) is 11.9. The predicted octanol–water partition coefficient (Wildman–Crippen LogP) is 2.61. The van der Waals surface area contributed by atoms with Crippen molar-refractivity contribution in [2.75, 3.05) is 17.8 Å². The number of fused-ring (bicyclic) bond motifs is 1. The Morgan fingerprint density at radius 1 is 1.11 bits per heavy atom. The average Bonchev–Trinajstić information content (AvgIpc) is 2.88. The molecule has 2 aromatic carbocycles. The Morgan fingerprint density at radius 2 is 1.95 bits per heavy atom. The summed E-state index contributed by atoms with van der Waals surface area (Å²) >= 11 is 0. The highest BCUT2D eigenvalue weighted by Gasteiger charge is 2.13. The second-order valence-corrected chi connectivity index (χ2v) is 4.11. The third-order valence-corrected chi connectivity index (χ3v) is 2.82. The minimum Gasteiger partial charge on any atom is -0.454 e. The van der Waals surface area contributed by atoms with E-state index in [9.17, 15) is 0 Å². The second-order valence-electron chi connectivity index (χ2n) is 4.11. The van der Waals surface area contributed by atoms with Gasteiger partial charge in [0.15, 0.2) is 11.5 Å². The largest absolute Gasteiger partial charge is 0.454 e. The monoisotopic (exact) mass is 253 g/mol. The number of nitrogens with two attached hydrogens (primary N) is 1. The van der Waals surface area contributed by atoms with Crippen LogP contribution in [0.3, 0.4) is 0 Å². The molecule has 0 spiro atoms. The van der Waals surface area contributed by atoms with E-state index in [1.54, 1.807) is 18.2 Å². The number of nitriles is 1. The van der Waals surface area contributed by atoms with Gasteiger partial charge in [-0.25, -0.2) is 0 Å². The molecule has 2 aromatic rings. The number of hydrogen-bond donors (Lipinski definition) is 2. The van der Waals surface area contributed by atoms with E-state index in [1.807, 2.05) is 18.2 Å². The number of hydrogen-bond acceptors (Lipinski definition) is 5. The fourth-order valence-electron chi connectivity index (χ4n) is 1.89. The van der Waals surface area contributed by atoms with Crippen molar-refractivity contribution in [3.05, 3.63) is 42.0 Å². The first-order valence-corrected chi connectivity index (χ1v) is 5.72. The van der Waals surface area contributed by atoms with Gasteiger partial charge in [-0.2, -0.15) is 5.26 Å². The summed E-state index contributed by atoms with van der Waals surface area (Å²) in [7, 11) is 0. The quantitative estimate of drug-likeness (QED) is 0.804. The standard InChI is InChI=1S/C14H11N3O2/c15-7-9-5-10(16)1-3-12(9)17-11-2-4-13-14(6-11)19-8-18-13/h1-6,17H,8,16H2. The van der Waals surface area contributed by atoms with Crippen LogP contribution in [0.15, 0.2) is 36.4 Å². The van der Waals surface area contributed by atoms with Crippen molar-refractivity contribution < 1.29 is 9.47 Å². The number of nitrogens with zero attached hydrogens (tertiary/aromatic N) is 1. The molecule has 0 amide bonds. The van der Waals surface area contributed by atoms with E-state index in [2.05, 4.69) is 11.4 Å². The topological polar surface area (TPSA) is 80.3 Å². The van der Waals surface area contributed by atoms with Crippen LogP contribution < -0.4 is 20.5 Å². The van der Waals surface area contributed by atoms with Crippen molar-refractivity contribution >= 4 is 17.1 Å². The van der Waals surface area contributed by atoms with Crippen LogP contribution in [0.5, 0.6) is 11.5 Å². The van der Waals surface area contributed by atoms with E-state index in [4.69, 9.17) is 20.5 Å². The molecule has 5 nitrogen and oxygen atoms in total. The lowest BCUT2D eigenvalue weighted by Crippen LogP contribution is -1.95. The van der Waals surface area contributed by atoms with Crippen LogP contribution in [-0.2, 0) is 0 Å². The Bertz CT molecular complexity index is 677. The molecule has 3 N–H and O–H groups in total. The Hall–Kier alpha value is -2.87. The third kappa shape index (κ3) is 2.11. The highest BCUT2D eigenvalue weighted by molar-refractivity contribution is 5.70. The van der Waals surface area contributed by atoms with E-state index >= 15 is 0 Å². The van der Waals surface area contributed by atoms with E-state index in [1.165, 1.54) is 0 Å². The van der Waals surface area contributed by atoms with Crippen LogP contribution in [-0.4, -0.2) is 6.79 Å².